The first kappa shape index (κ1) is 24.9. The Morgan fingerprint density at radius 3 is 1.77 bits per heavy atom. The second kappa shape index (κ2) is 10.5. The molecule has 0 spiro atoms. The van der Waals surface area contributed by atoms with Crippen molar-refractivity contribution in [3.8, 4) is 45.0 Å². The molecule has 0 saturated carbocycles. The topological polar surface area (TPSA) is 86.6 Å². The summed E-state index contributed by atoms with van der Waals surface area (Å²) in [5, 5.41) is 9.84. The van der Waals surface area contributed by atoms with E-state index in [2.05, 4.69) is 60.7 Å². The van der Waals surface area contributed by atoms with E-state index in [1.165, 1.54) is 0 Å². The molecule has 0 aliphatic carbocycles. The lowest BCUT2D eigenvalue weighted by molar-refractivity contribution is -0.552. The standard InChI is InChI=1S/C35H25N8/c1-5-13-24(14-6-1)28-21-30(26-17-9-3-10-18-26)42-34(36-28)38-32(40-42)23-33-39-35-37-29(25-15-7-2-8-16-25)22-31(43(35)41-33)27-19-11-4-12-20-27/h1-22,32H,23H2/q+1/t32-/m0/s1. The Balaban J connectivity index is 1.22. The highest BCUT2D eigenvalue weighted by atomic mass is 15.4. The molecule has 204 valence electrons. The molecule has 0 unspecified atom stereocenters. The fourth-order valence-corrected chi connectivity index (χ4v) is 5.36. The Hall–Kier alpha value is -5.89. The van der Waals surface area contributed by atoms with Gasteiger partial charge in [-0.3, -0.25) is 0 Å². The number of benzene rings is 4. The summed E-state index contributed by atoms with van der Waals surface area (Å²) in [6.07, 6.45) is -0.0107. The van der Waals surface area contributed by atoms with Gasteiger partial charge in [0, 0.05) is 28.3 Å². The number of aromatic nitrogens is 6. The van der Waals surface area contributed by atoms with Crippen molar-refractivity contribution >= 4 is 5.78 Å². The van der Waals surface area contributed by atoms with Gasteiger partial charge in [0.05, 0.1) is 17.8 Å². The molecule has 0 fully saturated rings. The Labute approximate surface area is 247 Å². The Morgan fingerprint density at radius 2 is 1.14 bits per heavy atom. The highest BCUT2D eigenvalue weighted by Crippen LogP contribution is 2.26. The van der Waals surface area contributed by atoms with Crippen molar-refractivity contribution in [2.45, 2.75) is 12.6 Å². The van der Waals surface area contributed by atoms with E-state index in [1.807, 2.05) is 81.7 Å². The molecule has 8 nitrogen and oxygen atoms in total. The molecule has 7 aromatic rings. The lowest BCUT2D eigenvalue weighted by atomic mass is 10.1. The molecule has 0 radical (unpaired) electrons. The van der Waals surface area contributed by atoms with Gasteiger partial charge < -0.3 is 0 Å². The maximum absolute atomic E-state index is 4.95. The third-order valence-corrected chi connectivity index (χ3v) is 7.42. The highest BCUT2D eigenvalue weighted by Gasteiger charge is 2.26. The molecule has 1 aliphatic heterocycles. The number of fused-ring (bicyclic) bond motifs is 2. The fourth-order valence-electron chi connectivity index (χ4n) is 5.36. The van der Waals surface area contributed by atoms with Crippen LogP contribution in [0.25, 0.3) is 50.8 Å². The van der Waals surface area contributed by atoms with Crippen molar-refractivity contribution in [2.75, 3.05) is 0 Å². The minimum absolute atomic E-state index is 0.413. The molecule has 1 atom stereocenters. The van der Waals surface area contributed by atoms with Gasteiger partial charge in [0.15, 0.2) is 11.5 Å². The van der Waals surface area contributed by atoms with Crippen LogP contribution in [0.3, 0.4) is 0 Å². The number of rotatable bonds is 6. The van der Waals surface area contributed by atoms with Crippen LogP contribution in [0.1, 0.15) is 5.82 Å². The third-order valence-electron chi connectivity index (χ3n) is 7.42. The van der Waals surface area contributed by atoms with Gasteiger partial charge in [0.1, 0.15) is 5.69 Å². The van der Waals surface area contributed by atoms with Crippen molar-refractivity contribution in [3.05, 3.63) is 145 Å². The average Bonchev–Trinajstić information content (AvgIpc) is 3.68. The van der Waals surface area contributed by atoms with Gasteiger partial charge in [-0.1, -0.05) is 136 Å². The molecule has 0 amide bonds. The Bertz CT molecular complexity index is 2200. The molecule has 0 bridgehead atoms. The maximum atomic E-state index is 4.95. The summed E-state index contributed by atoms with van der Waals surface area (Å²) in [6.45, 7) is 0. The van der Waals surface area contributed by atoms with E-state index in [0.717, 1.165) is 45.0 Å². The SMILES string of the molecule is c1ccc(-c2cc(-c3ccccc3)[n+]3c(n2)=N[C@H](Cc2nc4nc(-c5ccccc5)cc(-c5ccccc5)n4n2)N=3)cc1. The Morgan fingerprint density at radius 1 is 0.581 bits per heavy atom. The molecule has 43 heavy (non-hydrogen) atoms. The highest BCUT2D eigenvalue weighted by molar-refractivity contribution is 5.70. The lowest BCUT2D eigenvalue weighted by Crippen LogP contribution is -2.39. The summed E-state index contributed by atoms with van der Waals surface area (Å²) in [7, 11) is 0. The minimum atomic E-state index is -0.424. The van der Waals surface area contributed by atoms with Gasteiger partial charge in [-0.2, -0.15) is 9.50 Å². The molecule has 0 saturated heterocycles. The van der Waals surface area contributed by atoms with Crippen LogP contribution in [0.15, 0.2) is 144 Å². The van der Waals surface area contributed by atoms with Crippen LogP contribution < -0.4 is 9.98 Å². The van der Waals surface area contributed by atoms with E-state index in [0.29, 0.717) is 23.6 Å². The molecule has 1 aliphatic rings. The summed E-state index contributed by atoms with van der Waals surface area (Å²) in [5.74, 6) is 1.15. The van der Waals surface area contributed by atoms with E-state index in [1.54, 1.807) is 0 Å². The first-order valence-electron chi connectivity index (χ1n) is 14.2. The van der Waals surface area contributed by atoms with Crippen molar-refractivity contribution in [3.63, 3.8) is 0 Å². The van der Waals surface area contributed by atoms with Crippen LogP contribution in [0.2, 0.25) is 0 Å². The smallest absolute Gasteiger partial charge is 0.211 e. The molecule has 8 rings (SSSR count). The van der Waals surface area contributed by atoms with Gasteiger partial charge in [-0.15, -0.1) is 9.46 Å². The average molecular weight is 558 g/mol. The number of nitrogens with zero attached hydrogens (tertiary/aromatic N) is 8. The summed E-state index contributed by atoms with van der Waals surface area (Å²) < 4.78 is 3.65. The zero-order chi connectivity index (χ0) is 28.6. The third kappa shape index (κ3) is 4.74. The largest absolute Gasteiger partial charge is 0.455 e. The second-order valence-electron chi connectivity index (χ2n) is 10.3. The maximum Gasteiger partial charge on any atom is 0.455 e. The fraction of sp³-hybridized carbons (Fsp3) is 0.0571. The summed E-state index contributed by atoms with van der Waals surface area (Å²) in [6, 6.07) is 44.8. The molecular formula is C35H25N8+. The van der Waals surface area contributed by atoms with Crippen molar-refractivity contribution < 1.29 is 4.36 Å². The van der Waals surface area contributed by atoms with E-state index in [-0.39, 0.29) is 0 Å². The van der Waals surface area contributed by atoms with Crippen LogP contribution >= 0.6 is 0 Å². The monoisotopic (exact) mass is 557 g/mol. The normalized spacial score (nSPS) is 13.8. The van der Waals surface area contributed by atoms with E-state index >= 15 is 0 Å². The predicted molar refractivity (Wildman–Crippen MR) is 163 cm³/mol. The Kier molecular flexibility index (Phi) is 6.07. The van der Waals surface area contributed by atoms with E-state index in [9.17, 15) is 0 Å². The summed E-state index contributed by atoms with van der Waals surface area (Å²) >= 11 is 0. The second-order valence-corrected chi connectivity index (χ2v) is 10.3. The van der Waals surface area contributed by atoms with Crippen molar-refractivity contribution in [1.29, 1.82) is 0 Å². The molecule has 4 aromatic carbocycles. The predicted octanol–water partition coefficient (Wildman–Crippen LogP) is 5.71. The van der Waals surface area contributed by atoms with Crippen LogP contribution in [-0.4, -0.2) is 30.7 Å². The molecule has 0 N–H and O–H groups in total. The number of hydrogen-bond donors (Lipinski definition) is 0. The van der Waals surface area contributed by atoms with Crippen LogP contribution in [-0.2, 0) is 6.42 Å². The van der Waals surface area contributed by atoms with E-state index < -0.39 is 6.17 Å². The molecule has 3 aromatic heterocycles. The van der Waals surface area contributed by atoms with Gasteiger partial charge >= 0.3 is 5.62 Å². The molecule has 8 heteroatoms. The van der Waals surface area contributed by atoms with Crippen molar-refractivity contribution in [1.82, 2.24) is 24.6 Å². The van der Waals surface area contributed by atoms with Gasteiger partial charge in [-0.05, 0) is 6.07 Å². The zero-order valence-corrected chi connectivity index (χ0v) is 23.1. The molecule has 4 heterocycles. The van der Waals surface area contributed by atoms with Crippen LogP contribution in [0, 0.1) is 0 Å². The van der Waals surface area contributed by atoms with Gasteiger partial charge in [0.2, 0.25) is 6.17 Å². The van der Waals surface area contributed by atoms with Crippen molar-refractivity contribution in [2.24, 2.45) is 10.1 Å². The molecular weight excluding hydrogens is 532 g/mol. The first-order valence-corrected chi connectivity index (χ1v) is 14.2. The summed E-state index contributed by atoms with van der Waals surface area (Å²) in [5.41, 5.74) is 8.22. The zero-order valence-electron chi connectivity index (χ0n) is 23.1. The first-order chi connectivity index (χ1) is 21.3. The van der Waals surface area contributed by atoms with Crippen LogP contribution in [0.4, 0.5) is 0 Å². The number of hydrogen-bond acceptors (Lipinski definition) is 6. The quantitative estimate of drug-likeness (QED) is 0.245. The summed E-state index contributed by atoms with van der Waals surface area (Å²) in [4.78, 5) is 19.5. The lowest BCUT2D eigenvalue weighted by Gasteiger charge is -2.07. The van der Waals surface area contributed by atoms with E-state index in [4.69, 9.17) is 30.2 Å². The minimum Gasteiger partial charge on any atom is -0.211 e. The van der Waals surface area contributed by atoms with Crippen LogP contribution in [0.5, 0.6) is 0 Å². The van der Waals surface area contributed by atoms with Gasteiger partial charge in [0.25, 0.3) is 5.78 Å². The van der Waals surface area contributed by atoms with Gasteiger partial charge in [-0.25, -0.2) is 4.98 Å².